The molecule has 3 N–H and O–H groups in total. The van der Waals surface area contributed by atoms with Gasteiger partial charge in [-0.25, -0.2) is 0 Å². The molecule has 8 nitrogen and oxygen atoms in total. The molecule has 3 aliphatic rings. The molecule has 0 bridgehead atoms. The molecule has 0 spiro atoms. The summed E-state index contributed by atoms with van der Waals surface area (Å²) in [4.78, 5) is 9.92. The zero-order valence-corrected chi connectivity index (χ0v) is 18.0. The van der Waals surface area contributed by atoms with Gasteiger partial charge in [0.05, 0.1) is 35.4 Å². The molecule has 9 heteroatoms. The van der Waals surface area contributed by atoms with E-state index in [2.05, 4.69) is 27.0 Å². The third kappa shape index (κ3) is 3.52. The van der Waals surface area contributed by atoms with Crippen LogP contribution in [0.3, 0.4) is 0 Å². The van der Waals surface area contributed by atoms with Gasteiger partial charge in [-0.2, -0.15) is 4.98 Å². The smallest absolute Gasteiger partial charge is 0.295 e. The zero-order valence-electron chi connectivity index (χ0n) is 17.3. The van der Waals surface area contributed by atoms with Gasteiger partial charge in [0.15, 0.2) is 6.10 Å². The number of aromatic nitrogens is 2. The standard InChI is InChI=1S/C23H24ClN3O5/c24-16-8-18-17(25-23(26-18)32-20-11-31-21-19(29)10-30-22(20)21)7-15(16)12-1-3-13(4-2-12)27-6-5-14(28)9-27/h1-4,7-8,14,19-22,28-29H,5-6,9-11H2,(H,25,26). The SMILES string of the molecule is OC1CCN(c2ccc(-c3cc4nc(OC5COC6C(O)COC56)[nH]c4cc3Cl)cc2)C1. The van der Waals surface area contributed by atoms with E-state index in [-0.39, 0.29) is 31.0 Å². The van der Waals surface area contributed by atoms with Gasteiger partial charge in [-0.3, -0.25) is 0 Å². The first-order chi connectivity index (χ1) is 15.5. The number of anilines is 1. The molecule has 168 valence electrons. The highest BCUT2D eigenvalue weighted by molar-refractivity contribution is 6.34. The molecule has 5 atom stereocenters. The molecule has 2 aromatic carbocycles. The van der Waals surface area contributed by atoms with E-state index in [1.165, 1.54) is 0 Å². The topological polar surface area (TPSA) is 100 Å². The van der Waals surface area contributed by atoms with Crippen LogP contribution in [0.2, 0.25) is 5.02 Å². The van der Waals surface area contributed by atoms with E-state index in [9.17, 15) is 10.2 Å². The first-order valence-corrected chi connectivity index (χ1v) is 11.2. The van der Waals surface area contributed by atoms with Crippen molar-refractivity contribution >= 4 is 28.3 Å². The number of rotatable bonds is 4. The Kier molecular flexibility index (Phi) is 5.00. The van der Waals surface area contributed by atoms with Gasteiger partial charge in [0.2, 0.25) is 0 Å². The molecular formula is C23H24ClN3O5. The maximum Gasteiger partial charge on any atom is 0.295 e. The van der Waals surface area contributed by atoms with E-state index in [1.54, 1.807) is 0 Å². The molecule has 0 radical (unpaired) electrons. The largest absolute Gasteiger partial charge is 0.456 e. The van der Waals surface area contributed by atoms with Gasteiger partial charge in [0.25, 0.3) is 6.01 Å². The molecule has 6 rings (SSSR count). The number of hydrogen-bond acceptors (Lipinski definition) is 7. The van der Waals surface area contributed by atoms with Crippen LogP contribution in [0.4, 0.5) is 5.69 Å². The monoisotopic (exact) mass is 457 g/mol. The second-order valence-corrected chi connectivity index (χ2v) is 9.05. The van der Waals surface area contributed by atoms with Crippen LogP contribution in [0.15, 0.2) is 36.4 Å². The maximum absolute atomic E-state index is 9.90. The second-order valence-electron chi connectivity index (χ2n) is 8.65. The van der Waals surface area contributed by atoms with Crippen molar-refractivity contribution in [2.75, 3.05) is 31.2 Å². The summed E-state index contributed by atoms with van der Waals surface area (Å²) in [6.45, 7) is 2.13. The lowest BCUT2D eigenvalue weighted by Crippen LogP contribution is -2.34. The number of aromatic amines is 1. The van der Waals surface area contributed by atoms with Gasteiger partial charge in [-0.15, -0.1) is 0 Å². The summed E-state index contributed by atoms with van der Waals surface area (Å²) in [7, 11) is 0. The van der Waals surface area contributed by atoms with Gasteiger partial charge in [-0.05, 0) is 36.2 Å². The van der Waals surface area contributed by atoms with Crippen molar-refractivity contribution in [1.29, 1.82) is 0 Å². The molecule has 4 heterocycles. The number of nitrogens with zero attached hydrogens (tertiary/aromatic N) is 2. The van der Waals surface area contributed by atoms with E-state index < -0.39 is 6.10 Å². The average Bonchev–Trinajstić information content (AvgIpc) is 3.55. The summed E-state index contributed by atoms with van der Waals surface area (Å²) in [5, 5.41) is 20.3. The lowest BCUT2D eigenvalue weighted by molar-refractivity contribution is 0.00706. The maximum atomic E-state index is 9.90. The van der Waals surface area contributed by atoms with Crippen molar-refractivity contribution in [2.24, 2.45) is 0 Å². The number of nitrogens with one attached hydrogen (secondary N) is 1. The highest BCUT2D eigenvalue weighted by Crippen LogP contribution is 2.35. The van der Waals surface area contributed by atoms with Crippen LogP contribution >= 0.6 is 11.6 Å². The third-order valence-corrected chi connectivity index (χ3v) is 6.81. The minimum atomic E-state index is -0.618. The molecular weight excluding hydrogens is 434 g/mol. The fourth-order valence-corrected chi connectivity index (χ4v) is 5.07. The van der Waals surface area contributed by atoms with Crippen molar-refractivity contribution in [2.45, 2.75) is 36.9 Å². The Morgan fingerprint density at radius 1 is 1.09 bits per heavy atom. The number of aliphatic hydroxyl groups is 2. The number of fused-ring (bicyclic) bond motifs is 2. The van der Waals surface area contributed by atoms with E-state index >= 15 is 0 Å². The molecule has 3 aromatic rings. The van der Waals surface area contributed by atoms with Crippen LogP contribution in [0.1, 0.15) is 6.42 Å². The quantitative estimate of drug-likeness (QED) is 0.553. The van der Waals surface area contributed by atoms with Crippen molar-refractivity contribution < 1.29 is 24.4 Å². The number of β-amino-alcohol motifs (C(OH)–C–C–N with tert-alkyl or cyclic N) is 1. The Morgan fingerprint density at radius 2 is 1.91 bits per heavy atom. The Balaban J connectivity index is 1.23. The van der Waals surface area contributed by atoms with Crippen molar-refractivity contribution in [3.8, 4) is 17.1 Å². The minimum absolute atomic E-state index is 0.255. The predicted octanol–water partition coefficient (Wildman–Crippen LogP) is 2.36. The Morgan fingerprint density at radius 3 is 2.69 bits per heavy atom. The number of aliphatic hydroxyl groups excluding tert-OH is 2. The van der Waals surface area contributed by atoms with Crippen LogP contribution in [0.5, 0.6) is 6.01 Å². The number of H-pyrrole nitrogens is 1. The molecule has 0 saturated carbocycles. The lowest BCUT2D eigenvalue weighted by Gasteiger charge is -2.18. The molecule has 1 aromatic heterocycles. The van der Waals surface area contributed by atoms with Gasteiger partial charge >= 0.3 is 0 Å². The molecule has 0 aliphatic carbocycles. The molecule has 3 aliphatic heterocycles. The van der Waals surface area contributed by atoms with Crippen molar-refractivity contribution in [3.05, 3.63) is 41.4 Å². The fraction of sp³-hybridized carbons (Fsp3) is 0.435. The lowest BCUT2D eigenvalue weighted by atomic mass is 10.0. The van der Waals surface area contributed by atoms with Gasteiger partial charge in [-0.1, -0.05) is 23.7 Å². The molecule has 3 fully saturated rings. The summed E-state index contributed by atoms with van der Waals surface area (Å²) in [6, 6.07) is 12.3. The number of imidazole rings is 1. The summed E-state index contributed by atoms with van der Waals surface area (Å²) in [6.07, 6.45) is -1.05. The molecule has 0 amide bonds. The minimum Gasteiger partial charge on any atom is -0.456 e. The van der Waals surface area contributed by atoms with Crippen LogP contribution in [0.25, 0.3) is 22.2 Å². The molecule has 32 heavy (non-hydrogen) atoms. The fourth-order valence-electron chi connectivity index (χ4n) is 4.80. The van der Waals surface area contributed by atoms with Crippen LogP contribution < -0.4 is 9.64 Å². The van der Waals surface area contributed by atoms with Crippen molar-refractivity contribution in [1.82, 2.24) is 9.97 Å². The van der Waals surface area contributed by atoms with E-state index in [0.29, 0.717) is 24.2 Å². The Hall–Kier alpha value is -2.36. The summed E-state index contributed by atoms with van der Waals surface area (Å²) >= 11 is 6.59. The first kappa shape index (κ1) is 20.3. The van der Waals surface area contributed by atoms with E-state index in [1.807, 2.05) is 24.3 Å². The summed E-state index contributed by atoms with van der Waals surface area (Å²) < 4.78 is 17.2. The number of halogens is 1. The zero-order chi connectivity index (χ0) is 21.8. The number of hydrogen-bond donors (Lipinski definition) is 3. The van der Waals surface area contributed by atoms with E-state index in [0.717, 1.165) is 40.8 Å². The van der Waals surface area contributed by atoms with Crippen LogP contribution in [-0.4, -0.2) is 77.0 Å². The van der Waals surface area contributed by atoms with E-state index in [4.69, 9.17) is 25.8 Å². The Bertz CT molecular complexity index is 1140. The van der Waals surface area contributed by atoms with Crippen LogP contribution in [-0.2, 0) is 9.47 Å². The van der Waals surface area contributed by atoms with Gasteiger partial charge in [0, 0.05) is 24.3 Å². The normalized spacial score (nSPS) is 29.7. The summed E-state index contributed by atoms with van der Waals surface area (Å²) in [5.41, 5.74) is 4.49. The van der Waals surface area contributed by atoms with Gasteiger partial charge < -0.3 is 34.3 Å². The third-order valence-electron chi connectivity index (χ3n) is 6.50. The number of ether oxygens (including phenoxy) is 3. The molecule has 3 saturated heterocycles. The molecule has 5 unspecified atom stereocenters. The number of benzene rings is 2. The highest BCUT2D eigenvalue weighted by Gasteiger charge is 2.48. The van der Waals surface area contributed by atoms with Gasteiger partial charge in [0.1, 0.15) is 18.3 Å². The summed E-state index contributed by atoms with van der Waals surface area (Å²) in [5.74, 6) is 0. The highest BCUT2D eigenvalue weighted by atomic mass is 35.5. The predicted molar refractivity (Wildman–Crippen MR) is 119 cm³/mol. The van der Waals surface area contributed by atoms with Crippen LogP contribution in [0, 0.1) is 0 Å². The van der Waals surface area contributed by atoms with Crippen molar-refractivity contribution in [3.63, 3.8) is 0 Å². The second kappa shape index (κ2) is 7.90. The average molecular weight is 458 g/mol. The Labute approximate surface area is 189 Å². The first-order valence-electron chi connectivity index (χ1n) is 10.9.